The predicted octanol–water partition coefficient (Wildman–Crippen LogP) is 3.15. The molecule has 2 aromatic rings. The number of benzene rings is 2. The topological polar surface area (TPSA) is 103 Å². The first-order chi connectivity index (χ1) is 14.6. The summed E-state index contributed by atoms with van der Waals surface area (Å²) in [6, 6.07) is 12.9. The molecule has 4 N–H and O–H groups in total. The molecule has 0 aromatic heterocycles. The molecule has 0 amide bonds. The molecule has 152 valence electrons. The molecule has 7 nitrogen and oxygen atoms in total. The van der Waals surface area contributed by atoms with E-state index in [9.17, 15) is 14.7 Å². The SMILES string of the molecule is O=C=C1CCc2cc(C=C(C(=O)O)c3cccc(NC4=NCCCN4)c3)ccc2N1. The second-order valence-electron chi connectivity index (χ2n) is 7.20. The molecular weight excluding hydrogens is 380 g/mol. The third kappa shape index (κ3) is 4.42. The summed E-state index contributed by atoms with van der Waals surface area (Å²) in [5.41, 5.74) is 4.82. The molecule has 0 spiro atoms. The monoisotopic (exact) mass is 402 g/mol. The van der Waals surface area contributed by atoms with Crippen LogP contribution in [0.1, 0.15) is 29.5 Å². The van der Waals surface area contributed by atoms with Gasteiger partial charge in [-0.05, 0) is 59.9 Å². The van der Waals surface area contributed by atoms with Crippen molar-refractivity contribution in [3.8, 4) is 0 Å². The van der Waals surface area contributed by atoms with Crippen LogP contribution in [0, 0.1) is 0 Å². The van der Waals surface area contributed by atoms with Gasteiger partial charge in [-0.2, -0.15) is 0 Å². The molecule has 0 saturated carbocycles. The maximum atomic E-state index is 12.0. The first kappa shape index (κ1) is 19.5. The molecule has 2 heterocycles. The Labute approximate surface area is 174 Å². The number of carboxylic acid groups (broad SMARTS) is 1. The van der Waals surface area contributed by atoms with Crippen molar-refractivity contribution in [2.45, 2.75) is 19.3 Å². The lowest BCUT2D eigenvalue weighted by Gasteiger charge is -2.19. The Morgan fingerprint density at radius 3 is 2.87 bits per heavy atom. The van der Waals surface area contributed by atoms with Gasteiger partial charge < -0.3 is 21.1 Å². The van der Waals surface area contributed by atoms with Crippen LogP contribution in [-0.2, 0) is 16.0 Å². The third-order valence-electron chi connectivity index (χ3n) is 5.06. The van der Waals surface area contributed by atoms with Crippen molar-refractivity contribution in [2.24, 2.45) is 4.99 Å². The lowest BCUT2D eigenvalue weighted by Crippen LogP contribution is -2.35. The van der Waals surface area contributed by atoms with Gasteiger partial charge >= 0.3 is 5.97 Å². The van der Waals surface area contributed by atoms with E-state index in [0.29, 0.717) is 30.1 Å². The van der Waals surface area contributed by atoms with Crippen LogP contribution in [0.2, 0.25) is 0 Å². The Balaban J connectivity index is 1.62. The lowest BCUT2D eigenvalue weighted by molar-refractivity contribution is -0.130. The Morgan fingerprint density at radius 1 is 1.20 bits per heavy atom. The average molecular weight is 402 g/mol. The quantitative estimate of drug-likeness (QED) is 0.356. The molecular formula is C23H22N4O3. The largest absolute Gasteiger partial charge is 0.478 e. The van der Waals surface area contributed by atoms with Crippen molar-refractivity contribution in [1.29, 1.82) is 0 Å². The van der Waals surface area contributed by atoms with E-state index in [1.807, 2.05) is 36.3 Å². The highest BCUT2D eigenvalue weighted by Gasteiger charge is 2.15. The number of hydrogen-bond acceptors (Lipinski definition) is 6. The number of nitrogens with zero attached hydrogens (tertiary/aromatic N) is 1. The molecule has 2 aromatic carbocycles. The Kier molecular flexibility index (Phi) is 5.63. The van der Waals surface area contributed by atoms with Crippen LogP contribution in [0.25, 0.3) is 11.6 Å². The van der Waals surface area contributed by atoms with Gasteiger partial charge in [0, 0.05) is 30.9 Å². The summed E-state index contributed by atoms with van der Waals surface area (Å²) in [5, 5.41) is 19.3. The number of aryl methyl sites for hydroxylation is 1. The normalized spacial score (nSPS) is 15.8. The Hall–Kier alpha value is -3.83. The van der Waals surface area contributed by atoms with Gasteiger partial charge in [0.25, 0.3) is 0 Å². The number of rotatable bonds is 4. The molecule has 0 fully saturated rings. The van der Waals surface area contributed by atoms with E-state index in [1.54, 1.807) is 18.2 Å². The van der Waals surface area contributed by atoms with Crippen molar-refractivity contribution < 1.29 is 14.7 Å². The molecule has 0 aliphatic carbocycles. The van der Waals surface area contributed by atoms with Gasteiger partial charge in [0.1, 0.15) is 11.6 Å². The number of anilines is 2. The molecule has 4 rings (SSSR count). The number of aliphatic carboxylic acids is 1. The fraction of sp³-hybridized carbons (Fsp3) is 0.217. The Bertz CT molecular complexity index is 1100. The van der Waals surface area contributed by atoms with Gasteiger partial charge in [-0.3, -0.25) is 4.99 Å². The predicted molar refractivity (Wildman–Crippen MR) is 118 cm³/mol. The van der Waals surface area contributed by atoms with E-state index in [2.05, 4.69) is 20.9 Å². The van der Waals surface area contributed by atoms with E-state index in [-0.39, 0.29) is 5.57 Å². The molecule has 2 aliphatic heterocycles. The van der Waals surface area contributed by atoms with Gasteiger partial charge in [-0.1, -0.05) is 18.2 Å². The maximum absolute atomic E-state index is 12.0. The number of carboxylic acids is 1. The van der Waals surface area contributed by atoms with Gasteiger partial charge in [-0.15, -0.1) is 0 Å². The summed E-state index contributed by atoms with van der Waals surface area (Å²) in [5.74, 6) is 1.61. The highest BCUT2D eigenvalue weighted by Crippen LogP contribution is 2.29. The number of fused-ring (bicyclic) bond motifs is 1. The second kappa shape index (κ2) is 8.68. The number of nitrogens with one attached hydrogen (secondary N) is 3. The van der Waals surface area contributed by atoms with Crippen LogP contribution in [0.3, 0.4) is 0 Å². The molecule has 30 heavy (non-hydrogen) atoms. The number of hydrogen-bond donors (Lipinski definition) is 4. The zero-order chi connectivity index (χ0) is 20.9. The number of guanidine groups is 1. The maximum Gasteiger partial charge on any atom is 0.336 e. The molecule has 2 aliphatic rings. The van der Waals surface area contributed by atoms with Crippen molar-refractivity contribution in [1.82, 2.24) is 5.32 Å². The summed E-state index contributed by atoms with van der Waals surface area (Å²) in [4.78, 5) is 27.2. The second-order valence-corrected chi connectivity index (χ2v) is 7.20. The average Bonchev–Trinajstić information content (AvgIpc) is 2.77. The fourth-order valence-electron chi connectivity index (χ4n) is 3.55. The van der Waals surface area contributed by atoms with E-state index >= 15 is 0 Å². The zero-order valence-electron chi connectivity index (χ0n) is 16.4. The van der Waals surface area contributed by atoms with Crippen LogP contribution < -0.4 is 16.0 Å². The number of carbonyl (C=O) groups excluding carboxylic acids is 1. The van der Waals surface area contributed by atoms with Crippen LogP contribution in [0.5, 0.6) is 0 Å². The lowest BCUT2D eigenvalue weighted by atomic mass is 9.97. The summed E-state index contributed by atoms with van der Waals surface area (Å²) in [6.07, 6.45) is 3.98. The minimum Gasteiger partial charge on any atom is -0.478 e. The molecule has 0 atom stereocenters. The van der Waals surface area contributed by atoms with Gasteiger partial charge in [0.05, 0.1) is 5.57 Å². The first-order valence-electron chi connectivity index (χ1n) is 9.87. The summed E-state index contributed by atoms with van der Waals surface area (Å²) in [6.45, 7) is 1.63. The van der Waals surface area contributed by atoms with Gasteiger partial charge in [0.2, 0.25) is 0 Å². The standard InChI is InChI=1S/C23H22N4O3/c28-14-19-7-6-17-11-15(5-8-21(17)26-19)12-20(22(29)30)16-3-1-4-18(13-16)27-23-24-9-2-10-25-23/h1,3-5,8,11-13,26H,2,6-7,9-10H2,(H,29,30)(H2,24,25,27). The summed E-state index contributed by atoms with van der Waals surface area (Å²) < 4.78 is 0. The highest BCUT2D eigenvalue weighted by atomic mass is 16.4. The van der Waals surface area contributed by atoms with Crippen LogP contribution in [-0.4, -0.2) is 36.1 Å². The minimum atomic E-state index is -0.998. The zero-order valence-corrected chi connectivity index (χ0v) is 16.4. The van der Waals surface area contributed by atoms with Crippen molar-refractivity contribution in [3.05, 3.63) is 64.9 Å². The van der Waals surface area contributed by atoms with Gasteiger partial charge in [-0.25, -0.2) is 9.59 Å². The first-order valence-corrected chi connectivity index (χ1v) is 9.87. The van der Waals surface area contributed by atoms with E-state index < -0.39 is 5.97 Å². The molecule has 0 unspecified atom stereocenters. The molecule has 0 saturated heterocycles. The highest BCUT2D eigenvalue weighted by molar-refractivity contribution is 6.21. The van der Waals surface area contributed by atoms with E-state index in [1.165, 1.54) is 0 Å². The minimum absolute atomic E-state index is 0.203. The number of aliphatic imine (C=N–C) groups is 1. The van der Waals surface area contributed by atoms with Gasteiger partial charge in [0.15, 0.2) is 5.96 Å². The summed E-state index contributed by atoms with van der Waals surface area (Å²) >= 11 is 0. The summed E-state index contributed by atoms with van der Waals surface area (Å²) in [7, 11) is 0. The Morgan fingerprint density at radius 2 is 2.10 bits per heavy atom. The number of allylic oxidation sites excluding steroid dienone is 1. The van der Waals surface area contributed by atoms with Crippen molar-refractivity contribution >= 4 is 40.9 Å². The van der Waals surface area contributed by atoms with Crippen LogP contribution in [0.4, 0.5) is 11.4 Å². The van der Waals surface area contributed by atoms with Crippen molar-refractivity contribution in [2.75, 3.05) is 23.7 Å². The smallest absolute Gasteiger partial charge is 0.336 e. The van der Waals surface area contributed by atoms with E-state index in [4.69, 9.17) is 0 Å². The van der Waals surface area contributed by atoms with E-state index in [0.717, 1.165) is 42.0 Å². The van der Waals surface area contributed by atoms with Crippen LogP contribution in [0.15, 0.2) is 53.2 Å². The fourth-order valence-corrected chi connectivity index (χ4v) is 3.55. The third-order valence-corrected chi connectivity index (χ3v) is 5.06. The molecule has 7 heteroatoms. The molecule has 0 bridgehead atoms. The van der Waals surface area contributed by atoms with Crippen molar-refractivity contribution in [3.63, 3.8) is 0 Å². The molecule has 0 radical (unpaired) electrons. The number of carbonyl (C=O) groups is 1. The van der Waals surface area contributed by atoms with Crippen LogP contribution >= 0.6 is 0 Å².